The second kappa shape index (κ2) is 11.9. The third kappa shape index (κ3) is 6.85. The average Bonchev–Trinajstić information content (AvgIpc) is 3.21. The number of hydrogen-bond acceptors (Lipinski definition) is 3. The lowest BCUT2D eigenvalue weighted by molar-refractivity contribution is -0.140. The van der Waals surface area contributed by atoms with Crippen molar-refractivity contribution in [2.45, 2.75) is 78.6 Å². The highest BCUT2D eigenvalue weighted by Crippen LogP contribution is 2.47. The van der Waals surface area contributed by atoms with Crippen LogP contribution >= 0.6 is 0 Å². The Morgan fingerprint density at radius 3 is 2.16 bits per heavy atom. The maximum Gasteiger partial charge on any atom is 0.222 e. The van der Waals surface area contributed by atoms with Gasteiger partial charge in [-0.15, -0.1) is 0 Å². The molecule has 2 saturated heterocycles. The molecule has 0 atom stereocenters. The van der Waals surface area contributed by atoms with Crippen molar-refractivity contribution in [1.82, 2.24) is 20.0 Å². The van der Waals surface area contributed by atoms with Crippen LogP contribution in [0.1, 0.15) is 78.6 Å². The van der Waals surface area contributed by atoms with E-state index in [1.165, 1.54) is 32.2 Å². The van der Waals surface area contributed by atoms with Gasteiger partial charge in [0.2, 0.25) is 11.8 Å². The van der Waals surface area contributed by atoms with Crippen LogP contribution in [0.15, 0.2) is 4.99 Å². The van der Waals surface area contributed by atoms with E-state index < -0.39 is 0 Å². The highest BCUT2D eigenvalue weighted by Gasteiger charge is 2.43. The van der Waals surface area contributed by atoms with Crippen molar-refractivity contribution in [3.05, 3.63) is 0 Å². The van der Waals surface area contributed by atoms with E-state index in [-0.39, 0.29) is 11.8 Å². The third-order valence-electron chi connectivity index (χ3n) is 7.37. The Kier molecular flexibility index (Phi) is 9.23. The van der Waals surface area contributed by atoms with Gasteiger partial charge in [0.1, 0.15) is 0 Å². The zero-order valence-electron chi connectivity index (χ0n) is 20.7. The molecule has 0 aromatic heterocycles. The predicted octanol–water partition coefficient (Wildman–Crippen LogP) is 3.11. The van der Waals surface area contributed by atoms with E-state index in [1.807, 2.05) is 9.80 Å². The topological polar surface area (TPSA) is 68.2 Å². The van der Waals surface area contributed by atoms with Crippen molar-refractivity contribution >= 4 is 17.8 Å². The van der Waals surface area contributed by atoms with Gasteiger partial charge in [0.15, 0.2) is 5.96 Å². The lowest BCUT2D eigenvalue weighted by atomic mass is 9.68. The van der Waals surface area contributed by atoms with Crippen molar-refractivity contribution in [2.75, 3.05) is 52.4 Å². The molecule has 1 aliphatic carbocycles. The fourth-order valence-corrected chi connectivity index (χ4v) is 5.22. The largest absolute Gasteiger partial charge is 0.357 e. The predicted molar refractivity (Wildman–Crippen MR) is 130 cm³/mol. The van der Waals surface area contributed by atoms with Gasteiger partial charge in [0.05, 0.1) is 0 Å². The first-order valence-corrected chi connectivity index (χ1v) is 13.0. The normalized spacial score (nSPS) is 20.8. The lowest BCUT2D eigenvalue weighted by Crippen LogP contribution is -2.50. The summed E-state index contributed by atoms with van der Waals surface area (Å²) in [6.07, 6.45) is 9.68. The molecule has 0 aromatic rings. The molecular weight excluding hydrogens is 402 g/mol. The SMILES string of the molecule is CCNC(=NCCCCCC(=O)N1CCN(C(=O)CC(C)C)CC1)N1CCC2(CCC2)C1. The number of carbonyl (C=O) groups excluding carboxylic acids is 2. The molecule has 7 nitrogen and oxygen atoms in total. The summed E-state index contributed by atoms with van der Waals surface area (Å²) in [6, 6.07) is 0. The zero-order valence-corrected chi connectivity index (χ0v) is 20.7. The van der Waals surface area contributed by atoms with E-state index in [2.05, 4.69) is 31.0 Å². The Balaban J connectivity index is 1.29. The van der Waals surface area contributed by atoms with E-state index in [0.717, 1.165) is 44.9 Å². The molecule has 1 N–H and O–H groups in total. The first-order chi connectivity index (χ1) is 15.4. The van der Waals surface area contributed by atoms with Crippen LogP contribution in [-0.2, 0) is 9.59 Å². The molecule has 32 heavy (non-hydrogen) atoms. The van der Waals surface area contributed by atoms with Crippen LogP contribution in [0, 0.1) is 11.3 Å². The van der Waals surface area contributed by atoms with Crippen LogP contribution in [-0.4, -0.2) is 84.8 Å². The minimum absolute atomic E-state index is 0.223. The standard InChI is InChI=1S/C25H45N5O2/c1-4-26-24(30-14-12-25(20-30)10-8-11-25)27-13-7-5-6-9-22(31)28-15-17-29(18-16-28)23(32)19-21(2)3/h21H,4-20H2,1-3H3,(H,26,27). The number of nitrogens with zero attached hydrogens (tertiary/aromatic N) is 4. The first kappa shape index (κ1) is 24.8. The number of unbranched alkanes of at least 4 members (excludes halogenated alkanes) is 2. The Morgan fingerprint density at radius 1 is 0.906 bits per heavy atom. The van der Waals surface area contributed by atoms with Gasteiger partial charge in [-0.1, -0.05) is 26.7 Å². The number of rotatable bonds is 9. The van der Waals surface area contributed by atoms with Crippen molar-refractivity contribution < 1.29 is 9.59 Å². The summed E-state index contributed by atoms with van der Waals surface area (Å²) in [5.41, 5.74) is 0.587. The number of nitrogens with one attached hydrogen (secondary N) is 1. The van der Waals surface area contributed by atoms with E-state index in [0.29, 0.717) is 50.4 Å². The molecule has 3 rings (SSSR count). The summed E-state index contributed by atoms with van der Waals surface area (Å²) in [5, 5.41) is 3.47. The number of likely N-dealkylation sites (tertiary alicyclic amines) is 1. The van der Waals surface area contributed by atoms with Crippen LogP contribution < -0.4 is 5.32 Å². The number of amides is 2. The zero-order chi connectivity index (χ0) is 23.0. The summed E-state index contributed by atoms with van der Waals surface area (Å²) in [5.74, 6) is 1.93. The molecule has 7 heteroatoms. The molecule has 2 amide bonds. The fourth-order valence-electron chi connectivity index (χ4n) is 5.22. The molecule has 0 bridgehead atoms. The van der Waals surface area contributed by atoms with Gasteiger partial charge in [-0.3, -0.25) is 14.6 Å². The van der Waals surface area contributed by atoms with E-state index in [9.17, 15) is 9.59 Å². The smallest absolute Gasteiger partial charge is 0.222 e. The minimum atomic E-state index is 0.223. The Bertz CT molecular complexity index is 651. The van der Waals surface area contributed by atoms with Crippen molar-refractivity contribution in [3.8, 4) is 0 Å². The lowest BCUT2D eigenvalue weighted by Gasteiger charge is -2.38. The van der Waals surface area contributed by atoms with E-state index in [1.54, 1.807) is 0 Å². The molecule has 1 saturated carbocycles. The molecule has 3 aliphatic rings. The summed E-state index contributed by atoms with van der Waals surface area (Å²) >= 11 is 0. The Labute approximate surface area is 195 Å². The van der Waals surface area contributed by atoms with Crippen molar-refractivity contribution in [1.29, 1.82) is 0 Å². The molecule has 0 radical (unpaired) electrons. The van der Waals surface area contributed by atoms with E-state index in [4.69, 9.17) is 4.99 Å². The molecule has 182 valence electrons. The Hall–Kier alpha value is -1.79. The third-order valence-corrected chi connectivity index (χ3v) is 7.37. The molecule has 3 fully saturated rings. The number of aliphatic imine (C=N–C) groups is 1. The number of guanidine groups is 1. The van der Waals surface area contributed by atoms with Crippen LogP contribution in [0.2, 0.25) is 0 Å². The molecule has 2 aliphatic heterocycles. The van der Waals surface area contributed by atoms with Crippen LogP contribution in [0.5, 0.6) is 0 Å². The van der Waals surface area contributed by atoms with Crippen molar-refractivity contribution in [2.24, 2.45) is 16.3 Å². The highest BCUT2D eigenvalue weighted by atomic mass is 16.2. The van der Waals surface area contributed by atoms with Gasteiger partial charge in [0, 0.05) is 65.2 Å². The Morgan fingerprint density at radius 2 is 1.59 bits per heavy atom. The first-order valence-electron chi connectivity index (χ1n) is 13.0. The van der Waals surface area contributed by atoms with Gasteiger partial charge in [-0.2, -0.15) is 0 Å². The van der Waals surface area contributed by atoms with Gasteiger partial charge >= 0.3 is 0 Å². The van der Waals surface area contributed by atoms with Gasteiger partial charge in [-0.05, 0) is 50.4 Å². The summed E-state index contributed by atoms with van der Waals surface area (Å²) < 4.78 is 0. The average molecular weight is 448 g/mol. The monoisotopic (exact) mass is 447 g/mol. The summed E-state index contributed by atoms with van der Waals surface area (Å²) in [7, 11) is 0. The molecule has 0 aromatic carbocycles. The van der Waals surface area contributed by atoms with Crippen LogP contribution in [0.25, 0.3) is 0 Å². The van der Waals surface area contributed by atoms with Crippen LogP contribution in [0.4, 0.5) is 0 Å². The van der Waals surface area contributed by atoms with E-state index >= 15 is 0 Å². The fraction of sp³-hybridized carbons (Fsp3) is 0.880. The maximum atomic E-state index is 12.5. The van der Waals surface area contributed by atoms with Crippen LogP contribution in [0.3, 0.4) is 0 Å². The summed E-state index contributed by atoms with van der Waals surface area (Å²) in [6.45, 7) is 13.0. The van der Waals surface area contributed by atoms with Gasteiger partial charge in [-0.25, -0.2) is 0 Å². The van der Waals surface area contributed by atoms with Gasteiger partial charge in [0.25, 0.3) is 0 Å². The minimum Gasteiger partial charge on any atom is -0.357 e. The van der Waals surface area contributed by atoms with Crippen molar-refractivity contribution in [3.63, 3.8) is 0 Å². The molecule has 0 unspecified atom stereocenters. The molecule has 2 heterocycles. The molecular formula is C25H45N5O2. The second-order valence-corrected chi connectivity index (χ2v) is 10.4. The quantitative estimate of drug-likeness (QED) is 0.335. The molecule has 1 spiro atoms. The number of carbonyl (C=O) groups is 2. The number of hydrogen-bond donors (Lipinski definition) is 1. The maximum absolute atomic E-state index is 12.5. The second-order valence-electron chi connectivity index (χ2n) is 10.4. The highest BCUT2D eigenvalue weighted by molar-refractivity contribution is 5.80. The summed E-state index contributed by atoms with van der Waals surface area (Å²) in [4.78, 5) is 35.9. The van der Waals surface area contributed by atoms with Gasteiger partial charge < -0.3 is 20.0 Å². The number of piperazine rings is 1.